The summed E-state index contributed by atoms with van der Waals surface area (Å²) in [6.07, 6.45) is 0. The summed E-state index contributed by atoms with van der Waals surface area (Å²) in [5.41, 5.74) is 0.970. The molecular formula is C11H15Cl2NO. The number of benzene rings is 1. The first-order valence-electron chi connectivity index (χ1n) is 4.96. The van der Waals surface area contributed by atoms with E-state index in [2.05, 4.69) is 12.2 Å². The van der Waals surface area contributed by atoms with Crippen molar-refractivity contribution >= 4 is 23.2 Å². The van der Waals surface area contributed by atoms with E-state index in [4.69, 9.17) is 27.9 Å². The van der Waals surface area contributed by atoms with Crippen molar-refractivity contribution in [1.82, 2.24) is 5.32 Å². The van der Waals surface area contributed by atoms with Gasteiger partial charge in [-0.3, -0.25) is 0 Å². The molecule has 2 nitrogen and oxygen atoms in total. The summed E-state index contributed by atoms with van der Waals surface area (Å²) < 4.78 is 5.45. The monoisotopic (exact) mass is 247 g/mol. The van der Waals surface area contributed by atoms with Crippen molar-refractivity contribution in [1.29, 1.82) is 0 Å². The summed E-state index contributed by atoms with van der Waals surface area (Å²) in [5, 5.41) is 4.49. The van der Waals surface area contributed by atoms with E-state index in [0.29, 0.717) is 23.3 Å². The molecule has 0 fully saturated rings. The van der Waals surface area contributed by atoms with Gasteiger partial charge in [0.25, 0.3) is 0 Å². The Morgan fingerprint density at radius 2 is 2.13 bits per heavy atom. The van der Waals surface area contributed by atoms with Gasteiger partial charge in [0.15, 0.2) is 0 Å². The molecule has 0 aliphatic rings. The summed E-state index contributed by atoms with van der Waals surface area (Å²) in [6, 6.07) is 5.43. The van der Waals surface area contributed by atoms with E-state index in [1.54, 1.807) is 6.07 Å². The van der Waals surface area contributed by atoms with Crippen molar-refractivity contribution in [2.24, 2.45) is 0 Å². The largest absolute Gasteiger partial charge is 0.375 e. The minimum atomic E-state index is 0.529. The molecule has 84 valence electrons. The van der Waals surface area contributed by atoms with Gasteiger partial charge < -0.3 is 10.1 Å². The lowest BCUT2D eigenvalue weighted by molar-refractivity contribution is 0.123. The Morgan fingerprint density at radius 1 is 1.33 bits per heavy atom. The van der Waals surface area contributed by atoms with Crippen LogP contribution < -0.4 is 5.32 Å². The number of likely N-dealkylation sites (N-methyl/N-ethyl adjacent to an activating group) is 1. The second kappa shape index (κ2) is 7.07. The Balaban J connectivity index is 2.31. The van der Waals surface area contributed by atoms with Crippen LogP contribution in [0, 0.1) is 0 Å². The molecule has 0 spiro atoms. The molecule has 0 atom stereocenters. The molecular weight excluding hydrogens is 233 g/mol. The maximum atomic E-state index is 5.99. The third kappa shape index (κ3) is 4.85. The molecule has 15 heavy (non-hydrogen) atoms. The highest BCUT2D eigenvalue weighted by Crippen LogP contribution is 2.21. The summed E-state index contributed by atoms with van der Waals surface area (Å²) >= 11 is 11.8. The molecule has 1 aromatic rings. The summed E-state index contributed by atoms with van der Waals surface area (Å²) in [4.78, 5) is 0. The van der Waals surface area contributed by atoms with Crippen LogP contribution in [0.3, 0.4) is 0 Å². The smallest absolute Gasteiger partial charge is 0.0732 e. The lowest BCUT2D eigenvalue weighted by atomic mass is 10.2. The van der Waals surface area contributed by atoms with Gasteiger partial charge in [-0.1, -0.05) is 36.2 Å². The van der Waals surface area contributed by atoms with Gasteiger partial charge >= 0.3 is 0 Å². The number of nitrogens with one attached hydrogen (secondary N) is 1. The highest BCUT2D eigenvalue weighted by atomic mass is 35.5. The molecule has 0 saturated heterocycles. The average Bonchev–Trinajstić information content (AvgIpc) is 2.20. The number of hydrogen-bond donors (Lipinski definition) is 1. The van der Waals surface area contributed by atoms with Gasteiger partial charge in [-0.25, -0.2) is 0 Å². The number of hydrogen-bond acceptors (Lipinski definition) is 2. The minimum Gasteiger partial charge on any atom is -0.375 e. The second-order valence-corrected chi connectivity index (χ2v) is 3.99. The highest BCUT2D eigenvalue weighted by Gasteiger charge is 2.00. The summed E-state index contributed by atoms with van der Waals surface area (Å²) in [5.74, 6) is 0. The van der Waals surface area contributed by atoms with Gasteiger partial charge in [-0.15, -0.1) is 0 Å². The van der Waals surface area contributed by atoms with Crippen molar-refractivity contribution in [3.8, 4) is 0 Å². The molecule has 1 rings (SSSR count). The van der Waals surface area contributed by atoms with E-state index in [1.165, 1.54) is 0 Å². The molecule has 0 heterocycles. The van der Waals surface area contributed by atoms with E-state index in [0.717, 1.165) is 18.7 Å². The molecule has 0 bridgehead atoms. The van der Waals surface area contributed by atoms with Crippen LogP contribution in [0.2, 0.25) is 10.0 Å². The molecule has 0 unspecified atom stereocenters. The number of ether oxygens (including phenoxy) is 1. The van der Waals surface area contributed by atoms with Crippen LogP contribution in [-0.4, -0.2) is 19.7 Å². The molecule has 4 heteroatoms. The molecule has 0 radical (unpaired) electrons. The van der Waals surface area contributed by atoms with Crippen LogP contribution in [-0.2, 0) is 11.3 Å². The molecule has 0 aliphatic carbocycles. The lowest BCUT2D eigenvalue weighted by Crippen LogP contribution is -2.18. The number of halogens is 2. The number of rotatable bonds is 6. The maximum Gasteiger partial charge on any atom is 0.0732 e. The molecule has 1 N–H and O–H groups in total. The normalized spacial score (nSPS) is 10.6. The zero-order valence-corrected chi connectivity index (χ0v) is 10.2. The Hall–Kier alpha value is -0.280. The van der Waals surface area contributed by atoms with Crippen molar-refractivity contribution < 1.29 is 4.74 Å². The van der Waals surface area contributed by atoms with Crippen molar-refractivity contribution in [3.63, 3.8) is 0 Å². The van der Waals surface area contributed by atoms with E-state index >= 15 is 0 Å². The minimum absolute atomic E-state index is 0.529. The SMILES string of the molecule is CCNCCOCc1ccc(Cl)cc1Cl. The molecule has 0 amide bonds. The van der Waals surface area contributed by atoms with Crippen LogP contribution in [0.5, 0.6) is 0 Å². The zero-order chi connectivity index (χ0) is 11.1. The van der Waals surface area contributed by atoms with Crippen LogP contribution in [0.1, 0.15) is 12.5 Å². The molecule has 0 aliphatic heterocycles. The Bertz CT molecular complexity index is 305. The Morgan fingerprint density at radius 3 is 2.80 bits per heavy atom. The van der Waals surface area contributed by atoms with Gasteiger partial charge in [0.1, 0.15) is 0 Å². The topological polar surface area (TPSA) is 21.3 Å². The van der Waals surface area contributed by atoms with Crippen LogP contribution in [0.25, 0.3) is 0 Å². The van der Waals surface area contributed by atoms with E-state index in [1.807, 2.05) is 12.1 Å². The first-order valence-corrected chi connectivity index (χ1v) is 5.72. The first kappa shape index (κ1) is 12.8. The average molecular weight is 248 g/mol. The fourth-order valence-electron chi connectivity index (χ4n) is 1.14. The van der Waals surface area contributed by atoms with E-state index in [-0.39, 0.29) is 0 Å². The zero-order valence-electron chi connectivity index (χ0n) is 8.72. The third-order valence-corrected chi connectivity index (χ3v) is 2.53. The lowest BCUT2D eigenvalue weighted by Gasteiger charge is -2.06. The maximum absolute atomic E-state index is 5.99. The second-order valence-electron chi connectivity index (χ2n) is 3.14. The van der Waals surface area contributed by atoms with Crippen molar-refractivity contribution in [2.75, 3.05) is 19.7 Å². The Labute approximate surface area is 101 Å². The molecule has 0 saturated carbocycles. The molecule has 1 aromatic carbocycles. The fraction of sp³-hybridized carbons (Fsp3) is 0.455. The Kier molecular flexibility index (Phi) is 6.03. The van der Waals surface area contributed by atoms with Gasteiger partial charge in [0, 0.05) is 16.6 Å². The van der Waals surface area contributed by atoms with Gasteiger partial charge in [0.2, 0.25) is 0 Å². The quantitative estimate of drug-likeness (QED) is 0.781. The van der Waals surface area contributed by atoms with Crippen LogP contribution >= 0.6 is 23.2 Å². The van der Waals surface area contributed by atoms with Gasteiger partial charge in [-0.05, 0) is 24.2 Å². The summed E-state index contributed by atoms with van der Waals surface area (Å²) in [7, 11) is 0. The summed E-state index contributed by atoms with van der Waals surface area (Å²) in [6.45, 7) is 5.11. The van der Waals surface area contributed by atoms with Crippen LogP contribution in [0.15, 0.2) is 18.2 Å². The standard InChI is InChI=1S/C11H15Cl2NO/c1-2-14-5-6-15-8-9-3-4-10(12)7-11(9)13/h3-4,7,14H,2,5-6,8H2,1H3. The predicted molar refractivity (Wildman–Crippen MR) is 64.7 cm³/mol. The van der Waals surface area contributed by atoms with Gasteiger partial charge in [-0.2, -0.15) is 0 Å². The van der Waals surface area contributed by atoms with Crippen LogP contribution in [0.4, 0.5) is 0 Å². The van der Waals surface area contributed by atoms with Gasteiger partial charge in [0.05, 0.1) is 13.2 Å². The molecule has 0 aromatic heterocycles. The highest BCUT2D eigenvalue weighted by molar-refractivity contribution is 6.35. The predicted octanol–water partition coefficient (Wildman–Crippen LogP) is 3.12. The van der Waals surface area contributed by atoms with Crippen molar-refractivity contribution in [2.45, 2.75) is 13.5 Å². The third-order valence-electron chi connectivity index (χ3n) is 1.95. The van der Waals surface area contributed by atoms with E-state index < -0.39 is 0 Å². The van der Waals surface area contributed by atoms with Crippen molar-refractivity contribution in [3.05, 3.63) is 33.8 Å². The first-order chi connectivity index (χ1) is 7.24. The fourth-order valence-corrected chi connectivity index (χ4v) is 1.61. The van der Waals surface area contributed by atoms with E-state index in [9.17, 15) is 0 Å².